The Hall–Kier alpha value is -3.52. The van der Waals surface area contributed by atoms with Crippen molar-refractivity contribution in [3.63, 3.8) is 0 Å². The number of carbonyl (C=O) groups excluding carboxylic acids is 3. The highest BCUT2D eigenvalue weighted by Crippen LogP contribution is 2.53. The smallest absolute Gasteiger partial charge is 0.296 e. The van der Waals surface area contributed by atoms with Gasteiger partial charge in [0.25, 0.3) is 17.6 Å². The zero-order chi connectivity index (χ0) is 22.3. The maximum absolute atomic E-state index is 13.7. The lowest BCUT2D eigenvalue weighted by atomic mass is 9.82. The molecule has 160 valence electrons. The van der Waals surface area contributed by atoms with Crippen molar-refractivity contribution in [2.24, 2.45) is 0 Å². The number of ether oxygens (including phenoxy) is 1. The van der Waals surface area contributed by atoms with Crippen LogP contribution in [0, 0.1) is 5.82 Å². The van der Waals surface area contributed by atoms with Gasteiger partial charge in [-0.25, -0.2) is 4.39 Å². The van der Waals surface area contributed by atoms with E-state index >= 15 is 0 Å². The third-order valence-electron chi connectivity index (χ3n) is 5.79. The number of para-hydroxylation sites is 1. The SMILES string of the molecule is COCCCN1C(=O)C(=O)C(=C(O)c2ccc(F)cc2)[C@]12C(=O)N(C)c1ccccc12. The number of rotatable bonds is 5. The van der Waals surface area contributed by atoms with E-state index in [-0.39, 0.29) is 17.7 Å². The van der Waals surface area contributed by atoms with Gasteiger partial charge in [-0.3, -0.25) is 14.4 Å². The van der Waals surface area contributed by atoms with E-state index in [9.17, 15) is 23.9 Å². The summed E-state index contributed by atoms with van der Waals surface area (Å²) in [5.74, 6) is -3.40. The molecule has 1 atom stereocenters. The van der Waals surface area contributed by atoms with Gasteiger partial charge in [0.2, 0.25) is 0 Å². The number of carbonyl (C=O) groups is 3. The summed E-state index contributed by atoms with van der Waals surface area (Å²) < 4.78 is 18.5. The van der Waals surface area contributed by atoms with Crippen LogP contribution in [0.25, 0.3) is 5.76 Å². The molecular formula is C23H21FN2O5. The fraction of sp³-hybridized carbons (Fsp3) is 0.261. The van der Waals surface area contributed by atoms with E-state index in [1.54, 1.807) is 31.3 Å². The fourth-order valence-electron chi connectivity index (χ4n) is 4.39. The number of aliphatic hydroxyl groups is 1. The summed E-state index contributed by atoms with van der Waals surface area (Å²) in [7, 11) is 3.07. The zero-order valence-electron chi connectivity index (χ0n) is 17.1. The van der Waals surface area contributed by atoms with Crippen molar-refractivity contribution >= 4 is 29.0 Å². The van der Waals surface area contributed by atoms with Crippen LogP contribution >= 0.6 is 0 Å². The Morgan fingerprint density at radius 2 is 1.77 bits per heavy atom. The molecule has 0 bridgehead atoms. The van der Waals surface area contributed by atoms with Crippen LogP contribution < -0.4 is 4.90 Å². The number of fused-ring (bicyclic) bond motifs is 2. The number of likely N-dealkylation sites (tertiary alicyclic amines) is 1. The van der Waals surface area contributed by atoms with Crippen LogP contribution in [0.4, 0.5) is 10.1 Å². The number of halogens is 1. The van der Waals surface area contributed by atoms with E-state index < -0.39 is 34.7 Å². The van der Waals surface area contributed by atoms with Crippen LogP contribution in [0.5, 0.6) is 0 Å². The van der Waals surface area contributed by atoms with Crippen LogP contribution in [0.15, 0.2) is 54.1 Å². The van der Waals surface area contributed by atoms with Crippen LogP contribution in [-0.4, -0.2) is 54.9 Å². The first kappa shape index (κ1) is 20.7. The van der Waals surface area contributed by atoms with E-state index in [4.69, 9.17) is 4.74 Å². The van der Waals surface area contributed by atoms with Gasteiger partial charge in [0, 0.05) is 44.1 Å². The number of methoxy groups -OCH3 is 1. The Morgan fingerprint density at radius 1 is 1.10 bits per heavy atom. The van der Waals surface area contributed by atoms with Gasteiger partial charge < -0.3 is 19.6 Å². The minimum absolute atomic E-state index is 0.0759. The van der Waals surface area contributed by atoms with E-state index in [0.29, 0.717) is 24.3 Å². The van der Waals surface area contributed by atoms with Gasteiger partial charge in [-0.2, -0.15) is 0 Å². The monoisotopic (exact) mass is 424 g/mol. The molecule has 2 aromatic rings. The summed E-state index contributed by atoms with van der Waals surface area (Å²) in [6.45, 7) is 0.398. The molecule has 7 nitrogen and oxygen atoms in total. The summed E-state index contributed by atoms with van der Waals surface area (Å²) in [5.41, 5.74) is -1.01. The molecule has 1 saturated heterocycles. The third-order valence-corrected chi connectivity index (χ3v) is 5.79. The van der Waals surface area contributed by atoms with E-state index in [1.165, 1.54) is 29.0 Å². The van der Waals surface area contributed by atoms with Crippen molar-refractivity contribution in [2.75, 3.05) is 32.2 Å². The van der Waals surface area contributed by atoms with E-state index in [1.807, 2.05) is 0 Å². The Morgan fingerprint density at radius 3 is 2.45 bits per heavy atom. The third kappa shape index (κ3) is 2.86. The molecule has 0 saturated carbocycles. The molecule has 1 fully saturated rings. The number of likely N-dealkylation sites (N-methyl/N-ethyl adjacent to an activating group) is 1. The second kappa shape index (κ2) is 7.63. The molecular weight excluding hydrogens is 403 g/mol. The number of amides is 2. The number of anilines is 1. The zero-order valence-corrected chi connectivity index (χ0v) is 17.1. The molecule has 0 aliphatic carbocycles. The van der Waals surface area contributed by atoms with E-state index in [2.05, 4.69) is 0 Å². The summed E-state index contributed by atoms with van der Waals surface area (Å²) in [5, 5.41) is 11.1. The highest BCUT2D eigenvalue weighted by molar-refractivity contribution is 6.50. The molecule has 1 spiro atoms. The van der Waals surface area contributed by atoms with Crippen molar-refractivity contribution in [3.8, 4) is 0 Å². The average molecular weight is 424 g/mol. The standard InChI is InChI=1S/C23H21FN2O5/c1-25-17-7-4-3-6-16(17)23(22(25)30)18(19(27)14-8-10-15(24)11-9-14)20(28)21(29)26(23)12-5-13-31-2/h3-4,6-11,27H,5,12-13H2,1-2H3/t23-/m1/s1. The molecule has 4 rings (SSSR count). The number of hydrogen-bond acceptors (Lipinski definition) is 5. The summed E-state index contributed by atoms with van der Waals surface area (Å²) in [6.07, 6.45) is 0.390. The highest BCUT2D eigenvalue weighted by Gasteiger charge is 2.66. The lowest BCUT2D eigenvalue weighted by molar-refractivity contribution is -0.143. The fourth-order valence-corrected chi connectivity index (χ4v) is 4.39. The molecule has 31 heavy (non-hydrogen) atoms. The molecule has 8 heteroatoms. The first-order chi connectivity index (χ1) is 14.9. The Kier molecular flexibility index (Phi) is 5.10. The predicted molar refractivity (Wildman–Crippen MR) is 111 cm³/mol. The van der Waals surface area contributed by atoms with Gasteiger partial charge in [-0.1, -0.05) is 18.2 Å². The van der Waals surface area contributed by atoms with Gasteiger partial charge in [-0.15, -0.1) is 0 Å². The molecule has 2 amide bonds. The number of benzene rings is 2. The molecule has 2 heterocycles. The number of nitrogens with zero attached hydrogens (tertiary/aromatic N) is 2. The molecule has 2 aliphatic rings. The second-order valence-corrected chi connectivity index (χ2v) is 7.45. The average Bonchev–Trinajstić information content (AvgIpc) is 3.13. The van der Waals surface area contributed by atoms with Gasteiger partial charge in [0.1, 0.15) is 11.6 Å². The Labute approximate surface area is 178 Å². The normalized spacial score (nSPS) is 22.0. The van der Waals surface area contributed by atoms with Crippen molar-refractivity contribution in [1.82, 2.24) is 4.90 Å². The minimum atomic E-state index is -1.80. The summed E-state index contributed by atoms with van der Waals surface area (Å²) >= 11 is 0. The van der Waals surface area contributed by atoms with Crippen molar-refractivity contribution in [2.45, 2.75) is 12.0 Å². The summed E-state index contributed by atoms with van der Waals surface area (Å²) in [4.78, 5) is 42.5. The Balaban J connectivity index is 2.01. The molecule has 2 aliphatic heterocycles. The molecule has 1 N–H and O–H groups in total. The van der Waals surface area contributed by atoms with Crippen molar-refractivity contribution in [1.29, 1.82) is 0 Å². The minimum Gasteiger partial charge on any atom is -0.507 e. The number of Topliss-reactive ketones (excluding diaryl/α,β-unsaturated/α-hetero) is 1. The Bertz CT molecular complexity index is 1110. The molecule has 2 aromatic carbocycles. The predicted octanol–water partition coefficient (Wildman–Crippen LogP) is 2.41. The molecule has 0 aromatic heterocycles. The number of hydrogen-bond donors (Lipinski definition) is 1. The highest BCUT2D eigenvalue weighted by atomic mass is 19.1. The molecule has 0 unspecified atom stereocenters. The quantitative estimate of drug-likeness (QED) is 0.345. The maximum Gasteiger partial charge on any atom is 0.296 e. The lowest BCUT2D eigenvalue weighted by Gasteiger charge is -2.34. The van der Waals surface area contributed by atoms with Crippen LogP contribution in [0.2, 0.25) is 0 Å². The van der Waals surface area contributed by atoms with Gasteiger partial charge in [-0.05, 0) is 36.8 Å². The summed E-state index contributed by atoms with van der Waals surface area (Å²) in [6, 6.07) is 11.7. The number of aliphatic hydroxyl groups excluding tert-OH is 1. The maximum atomic E-state index is 13.7. The van der Waals surface area contributed by atoms with Gasteiger partial charge >= 0.3 is 0 Å². The van der Waals surface area contributed by atoms with Crippen molar-refractivity contribution < 1.29 is 28.6 Å². The van der Waals surface area contributed by atoms with Crippen LogP contribution in [0.1, 0.15) is 17.5 Å². The van der Waals surface area contributed by atoms with Gasteiger partial charge in [0.15, 0.2) is 5.54 Å². The van der Waals surface area contributed by atoms with Crippen molar-refractivity contribution in [3.05, 3.63) is 71.0 Å². The second-order valence-electron chi connectivity index (χ2n) is 7.45. The van der Waals surface area contributed by atoms with Crippen LogP contribution in [-0.2, 0) is 24.7 Å². The lowest BCUT2D eigenvalue weighted by Crippen LogP contribution is -2.51. The van der Waals surface area contributed by atoms with Gasteiger partial charge in [0.05, 0.1) is 5.57 Å². The van der Waals surface area contributed by atoms with Crippen LogP contribution in [0.3, 0.4) is 0 Å². The first-order valence-corrected chi connectivity index (χ1v) is 9.78. The van der Waals surface area contributed by atoms with E-state index in [0.717, 1.165) is 12.1 Å². The first-order valence-electron chi connectivity index (χ1n) is 9.78. The topological polar surface area (TPSA) is 87.1 Å². The molecule has 0 radical (unpaired) electrons. The number of ketones is 1. The largest absolute Gasteiger partial charge is 0.507 e.